The van der Waals surface area contributed by atoms with E-state index in [-0.39, 0.29) is 11.9 Å². The van der Waals surface area contributed by atoms with Crippen LogP contribution in [0.4, 0.5) is 5.82 Å². The second-order valence-corrected chi connectivity index (χ2v) is 9.68. The van der Waals surface area contributed by atoms with Crippen LogP contribution in [-0.2, 0) is 16.1 Å². The van der Waals surface area contributed by atoms with E-state index in [4.69, 9.17) is 21.1 Å². The van der Waals surface area contributed by atoms with E-state index in [1.54, 1.807) is 51.6 Å². The predicted octanol–water partition coefficient (Wildman–Crippen LogP) is 1.70. The molecule has 4 aromatic rings. The minimum absolute atomic E-state index is 0.173. The van der Waals surface area contributed by atoms with Crippen LogP contribution in [0.2, 0.25) is 5.02 Å². The average Bonchev–Trinajstić information content (AvgIpc) is 3.47. The van der Waals surface area contributed by atoms with E-state index in [0.29, 0.717) is 45.6 Å². The number of imidazole rings is 1. The summed E-state index contributed by atoms with van der Waals surface area (Å²) >= 11 is 6.16. The first kappa shape index (κ1) is 26.7. The predicted molar refractivity (Wildman–Crippen MR) is 141 cm³/mol. The summed E-state index contributed by atoms with van der Waals surface area (Å²) in [5.41, 5.74) is 1.91. The van der Waals surface area contributed by atoms with E-state index in [9.17, 15) is 15.0 Å². The number of aromatic nitrogens is 6. The van der Waals surface area contributed by atoms with Crippen LogP contribution in [0.25, 0.3) is 22.6 Å². The Morgan fingerprint density at radius 1 is 1.21 bits per heavy atom. The lowest BCUT2D eigenvalue weighted by atomic mass is 10.1. The van der Waals surface area contributed by atoms with Gasteiger partial charge in [0.15, 0.2) is 35.1 Å². The van der Waals surface area contributed by atoms with Crippen LogP contribution >= 0.6 is 11.6 Å². The number of nitrogens with one attached hydrogen (secondary N) is 2. The molecule has 5 heterocycles. The van der Waals surface area contributed by atoms with E-state index >= 15 is 0 Å². The second-order valence-electron chi connectivity index (χ2n) is 9.24. The van der Waals surface area contributed by atoms with Crippen LogP contribution in [0.3, 0.4) is 0 Å². The molecule has 0 saturated carbocycles. The molecule has 1 fully saturated rings. The third-order valence-corrected chi connectivity index (χ3v) is 6.25. The van der Waals surface area contributed by atoms with Gasteiger partial charge in [-0.1, -0.05) is 11.6 Å². The number of aliphatic hydroxyl groups excluding tert-OH is 2. The number of rotatable bonds is 8. The van der Waals surface area contributed by atoms with Gasteiger partial charge in [-0.05, 0) is 26.0 Å². The van der Waals surface area contributed by atoms with Gasteiger partial charge in [-0.3, -0.25) is 19.3 Å². The van der Waals surface area contributed by atoms with Gasteiger partial charge in [-0.25, -0.2) is 15.0 Å². The Labute approximate surface area is 228 Å². The largest absolute Gasteiger partial charge is 0.497 e. The molecule has 0 aromatic carbocycles. The molecule has 1 aliphatic heterocycles. The second kappa shape index (κ2) is 11.1. The fourth-order valence-corrected chi connectivity index (χ4v) is 4.39. The van der Waals surface area contributed by atoms with Crippen molar-refractivity contribution in [3.8, 4) is 17.1 Å². The number of hydrogen-bond donors (Lipinski definition) is 4. The zero-order valence-electron chi connectivity index (χ0n) is 21.3. The van der Waals surface area contributed by atoms with E-state index in [1.165, 1.54) is 17.1 Å². The van der Waals surface area contributed by atoms with Crippen LogP contribution in [0, 0.1) is 0 Å². The Balaban J connectivity index is 1.54. The van der Waals surface area contributed by atoms with Gasteiger partial charge in [0, 0.05) is 36.3 Å². The van der Waals surface area contributed by atoms with Crippen molar-refractivity contribution in [2.24, 2.45) is 0 Å². The van der Waals surface area contributed by atoms with Crippen molar-refractivity contribution in [2.75, 3.05) is 12.4 Å². The van der Waals surface area contributed by atoms with Crippen molar-refractivity contribution >= 4 is 34.5 Å². The summed E-state index contributed by atoms with van der Waals surface area (Å²) in [7, 11) is 1.58. The van der Waals surface area contributed by atoms with E-state index in [0.717, 1.165) is 0 Å². The zero-order chi connectivity index (χ0) is 27.7. The molecular formula is C25H27ClN8O5. The first-order valence-electron chi connectivity index (χ1n) is 12.2. The highest BCUT2D eigenvalue weighted by molar-refractivity contribution is 6.30. The Morgan fingerprint density at radius 2 is 2.03 bits per heavy atom. The fourth-order valence-electron chi connectivity index (χ4n) is 4.22. The number of fused-ring (bicyclic) bond motifs is 1. The standard InChI is InChI=1S/C25H27ClN8O5/c1-12(2)31-24(37)20-18(35)19(36)25(39-20)34-11-30-17-22(29-10-15-7-16(38-3)4-5-28-15)32-21(33-23(17)34)13-6-14(26)9-27-8-13/h4-9,11-12,18-20,25,35-36H,10H2,1-3H3,(H,31,37)(H,29,32,33)/t18-,19+,20-,25+/m0/s1. The molecule has 5 rings (SSSR count). The summed E-state index contributed by atoms with van der Waals surface area (Å²) in [5.74, 6) is 0.784. The molecule has 4 N–H and O–H groups in total. The van der Waals surface area contributed by atoms with E-state index < -0.39 is 30.4 Å². The van der Waals surface area contributed by atoms with Gasteiger partial charge >= 0.3 is 0 Å². The number of amides is 1. The molecule has 1 saturated heterocycles. The van der Waals surface area contributed by atoms with Crippen molar-refractivity contribution in [2.45, 2.75) is 51.0 Å². The van der Waals surface area contributed by atoms with E-state index in [1.807, 2.05) is 0 Å². The smallest absolute Gasteiger partial charge is 0.252 e. The maximum Gasteiger partial charge on any atom is 0.252 e. The number of methoxy groups -OCH3 is 1. The minimum Gasteiger partial charge on any atom is -0.497 e. The third kappa shape index (κ3) is 5.47. The van der Waals surface area contributed by atoms with Crippen molar-refractivity contribution in [1.82, 2.24) is 34.8 Å². The average molecular weight is 555 g/mol. The molecule has 0 aliphatic carbocycles. The Hall–Kier alpha value is -3.91. The highest BCUT2D eigenvalue weighted by Gasteiger charge is 2.48. The van der Waals surface area contributed by atoms with Gasteiger partial charge in [-0.15, -0.1) is 0 Å². The molecular weight excluding hydrogens is 528 g/mol. The summed E-state index contributed by atoms with van der Waals surface area (Å²) in [4.78, 5) is 34.8. The van der Waals surface area contributed by atoms with Gasteiger partial charge < -0.3 is 30.3 Å². The third-order valence-electron chi connectivity index (χ3n) is 6.05. The number of ether oxygens (including phenoxy) is 2. The number of aliphatic hydroxyl groups is 2. The van der Waals surface area contributed by atoms with Crippen LogP contribution in [0.5, 0.6) is 5.75 Å². The fraction of sp³-hybridized carbons (Fsp3) is 0.360. The number of halogens is 1. The normalized spacial score (nSPS) is 20.9. The van der Waals surface area contributed by atoms with Gasteiger partial charge in [-0.2, -0.15) is 0 Å². The highest BCUT2D eigenvalue weighted by Crippen LogP contribution is 2.34. The molecule has 1 amide bonds. The molecule has 1 aliphatic rings. The molecule has 0 spiro atoms. The zero-order valence-corrected chi connectivity index (χ0v) is 22.1. The lowest BCUT2D eigenvalue weighted by molar-refractivity contribution is -0.138. The van der Waals surface area contributed by atoms with Crippen LogP contribution in [0.15, 0.2) is 43.1 Å². The monoisotopic (exact) mass is 554 g/mol. The van der Waals surface area contributed by atoms with Crippen LogP contribution in [0.1, 0.15) is 25.8 Å². The molecule has 204 valence electrons. The summed E-state index contributed by atoms with van der Waals surface area (Å²) in [6, 6.07) is 5.03. The number of nitrogens with zero attached hydrogens (tertiary/aromatic N) is 6. The van der Waals surface area contributed by atoms with Crippen LogP contribution < -0.4 is 15.4 Å². The quantitative estimate of drug-likeness (QED) is 0.250. The lowest BCUT2D eigenvalue weighted by Crippen LogP contribution is -2.45. The molecule has 0 bridgehead atoms. The number of anilines is 1. The summed E-state index contributed by atoms with van der Waals surface area (Å²) in [6.45, 7) is 3.87. The first-order chi connectivity index (χ1) is 18.7. The molecule has 0 unspecified atom stereocenters. The van der Waals surface area contributed by atoms with E-state index in [2.05, 4.69) is 35.6 Å². The molecule has 0 radical (unpaired) electrons. The van der Waals surface area contributed by atoms with Crippen molar-refractivity contribution in [3.63, 3.8) is 0 Å². The number of pyridine rings is 2. The maximum absolute atomic E-state index is 12.6. The SMILES string of the molecule is COc1ccnc(CNc2nc(-c3cncc(Cl)c3)nc3c2ncn3[C@@H]2O[C@H](C(=O)NC(C)C)[C@@H](O)[C@H]2O)c1. The van der Waals surface area contributed by atoms with Gasteiger partial charge in [0.1, 0.15) is 18.0 Å². The van der Waals surface area contributed by atoms with Gasteiger partial charge in [0.2, 0.25) is 0 Å². The van der Waals surface area contributed by atoms with Crippen molar-refractivity contribution in [1.29, 1.82) is 0 Å². The number of carbonyl (C=O) groups is 1. The maximum atomic E-state index is 12.6. The molecule has 39 heavy (non-hydrogen) atoms. The molecule has 4 atom stereocenters. The van der Waals surface area contributed by atoms with Gasteiger partial charge in [0.05, 0.1) is 30.7 Å². The van der Waals surface area contributed by atoms with Gasteiger partial charge in [0.25, 0.3) is 5.91 Å². The summed E-state index contributed by atoms with van der Waals surface area (Å²) < 4.78 is 12.6. The lowest BCUT2D eigenvalue weighted by Gasteiger charge is -2.17. The summed E-state index contributed by atoms with van der Waals surface area (Å²) in [6.07, 6.45) is 0.819. The Morgan fingerprint density at radius 3 is 2.77 bits per heavy atom. The summed E-state index contributed by atoms with van der Waals surface area (Å²) in [5, 5.41) is 27.8. The first-order valence-corrected chi connectivity index (χ1v) is 12.5. The molecule has 13 nitrogen and oxygen atoms in total. The minimum atomic E-state index is -1.46. The van der Waals surface area contributed by atoms with Crippen LogP contribution in [-0.4, -0.2) is 77.1 Å². The van der Waals surface area contributed by atoms with Crippen molar-refractivity contribution in [3.05, 3.63) is 53.8 Å². The Bertz CT molecular complexity index is 1500. The molecule has 14 heteroatoms. The Kier molecular flexibility index (Phi) is 7.57. The molecule has 4 aromatic heterocycles. The number of hydrogen-bond acceptors (Lipinski definition) is 11. The van der Waals surface area contributed by atoms with Crippen molar-refractivity contribution < 1.29 is 24.5 Å². The number of carbonyl (C=O) groups excluding carboxylic acids is 1. The topological polar surface area (TPSA) is 169 Å². The highest BCUT2D eigenvalue weighted by atomic mass is 35.5.